The summed E-state index contributed by atoms with van der Waals surface area (Å²) in [7, 11) is 0. The molecule has 4 rings (SSSR count). The van der Waals surface area contributed by atoms with Crippen molar-refractivity contribution in [3.8, 4) is 0 Å². The molecule has 6 atom stereocenters. The molecule has 8 heteroatoms. The first kappa shape index (κ1) is 15.9. The maximum Gasteiger partial charge on any atom is 0.310 e. The fourth-order valence-corrected chi connectivity index (χ4v) is 5.38. The number of esters is 1. The summed E-state index contributed by atoms with van der Waals surface area (Å²) < 4.78 is 5.37. The third-order valence-electron chi connectivity index (χ3n) is 5.23. The van der Waals surface area contributed by atoms with E-state index in [9.17, 15) is 14.4 Å². The van der Waals surface area contributed by atoms with Crippen LogP contribution in [-0.2, 0) is 14.3 Å². The molecule has 2 saturated carbocycles. The van der Waals surface area contributed by atoms with E-state index in [4.69, 9.17) is 16.3 Å². The molecule has 0 aromatic heterocycles. The molecular weight excluding hydrogens is 400 g/mol. The van der Waals surface area contributed by atoms with Crippen LogP contribution in [0, 0.1) is 23.7 Å². The predicted octanol–water partition coefficient (Wildman–Crippen LogP) is 1.67. The van der Waals surface area contributed by atoms with Crippen molar-refractivity contribution < 1.29 is 19.1 Å². The lowest BCUT2D eigenvalue weighted by molar-refractivity contribution is -0.146. The van der Waals surface area contributed by atoms with E-state index >= 15 is 0 Å². The highest BCUT2D eigenvalue weighted by molar-refractivity contribution is 9.09. The van der Waals surface area contributed by atoms with Crippen molar-refractivity contribution in [3.05, 3.63) is 34.9 Å². The van der Waals surface area contributed by atoms with Crippen molar-refractivity contribution in [1.82, 2.24) is 10.9 Å². The fourth-order valence-electron chi connectivity index (χ4n) is 4.21. The standard InChI is InChI=1S/C16H14BrClN2O4/c17-12-8-5-9-11(16(23)24-13(9)12)10(8)15(22)20-19-14(21)6-1-3-7(18)4-2-6/h1-4,8-13H,5H2,(H,19,21)(H,20,22). The van der Waals surface area contributed by atoms with Gasteiger partial charge in [-0.3, -0.25) is 25.2 Å². The second-order valence-electron chi connectivity index (χ2n) is 6.41. The zero-order chi connectivity index (χ0) is 17.0. The summed E-state index contributed by atoms with van der Waals surface area (Å²) in [6, 6.07) is 6.32. The van der Waals surface area contributed by atoms with Gasteiger partial charge < -0.3 is 4.74 Å². The summed E-state index contributed by atoms with van der Waals surface area (Å²) >= 11 is 9.33. The summed E-state index contributed by atoms with van der Waals surface area (Å²) in [5.74, 6) is -1.84. The van der Waals surface area contributed by atoms with Crippen LogP contribution >= 0.6 is 27.5 Å². The van der Waals surface area contributed by atoms with Crippen molar-refractivity contribution in [2.24, 2.45) is 23.7 Å². The van der Waals surface area contributed by atoms with Crippen LogP contribution in [-0.4, -0.2) is 28.7 Å². The van der Waals surface area contributed by atoms with Crippen LogP contribution < -0.4 is 10.9 Å². The lowest BCUT2D eigenvalue weighted by Gasteiger charge is -2.27. The summed E-state index contributed by atoms with van der Waals surface area (Å²) in [6.45, 7) is 0. The second kappa shape index (κ2) is 5.74. The van der Waals surface area contributed by atoms with E-state index in [1.807, 2.05) is 0 Å². The van der Waals surface area contributed by atoms with Gasteiger partial charge in [-0.1, -0.05) is 27.5 Å². The Hall–Kier alpha value is -1.60. The Labute approximate surface area is 151 Å². The average Bonchev–Trinajstić information content (AvgIpc) is 3.17. The number of nitrogens with one attached hydrogen (secondary N) is 2. The largest absolute Gasteiger partial charge is 0.461 e. The number of hydrogen-bond acceptors (Lipinski definition) is 4. The SMILES string of the molecule is O=C(NNC(=O)C1C2CC3C(OC(=O)C31)C2Br)c1ccc(Cl)cc1. The first-order valence-corrected chi connectivity index (χ1v) is 8.97. The molecule has 3 aliphatic rings. The molecule has 2 bridgehead atoms. The summed E-state index contributed by atoms with van der Waals surface area (Å²) in [6.07, 6.45) is 0.667. The number of carbonyl (C=O) groups excluding carboxylic acids is 3. The monoisotopic (exact) mass is 412 g/mol. The molecule has 24 heavy (non-hydrogen) atoms. The van der Waals surface area contributed by atoms with Gasteiger partial charge in [0, 0.05) is 16.5 Å². The van der Waals surface area contributed by atoms with Crippen molar-refractivity contribution in [3.63, 3.8) is 0 Å². The van der Waals surface area contributed by atoms with Crippen molar-refractivity contribution in [1.29, 1.82) is 0 Å². The van der Waals surface area contributed by atoms with E-state index in [-0.39, 0.29) is 34.6 Å². The van der Waals surface area contributed by atoms with Crippen molar-refractivity contribution in [2.45, 2.75) is 17.4 Å². The predicted molar refractivity (Wildman–Crippen MR) is 88.2 cm³/mol. The molecule has 2 amide bonds. The van der Waals surface area contributed by atoms with E-state index in [2.05, 4.69) is 26.8 Å². The van der Waals surface area contributed by atoms with Gasteiger partial charge in [-0.25, -0.2) is 0 Å². The lowest BCUT2D eigenvalue weighted by atomic mass is 9.79. The molecule has 3 fully saturated rings. The van der Waals surface area contributed by atoms with Crippen LogP contribution in [0.5, 0.6) is 0 Å². The van der Waals surface area contributed by atoms with Crippen LogP contribution in [0.3, 0.4) is 0 Å². The summed E-state index contributed by atoms with van der Waals surface area (Å²) in [4.78, 5) is 36.6. The van der Waals surface area contributed by atoms with Gasteiger partial charge in [-0.15, -0.1) is 0 Å². The number of rotatable bonds is 2. The number of alkyl halides is 1. The fraction of sp³-hybridized carbons (Fsp3) is 0.438. The van der Waals surface area contributed by atoms with Gasteiger partial charge in [-0.2, -0.15) is 0 Å². The van der Waals surface area contributed by atoms with Crippen LogP contribution in [0.15, 0.2) is 24.3 Å². The highest BCUT2D eigenvalue weighted by Crippen LogP contribution is 2.59. The lowest BCUT2D eigenvalue weighted by Crippen LogP contribution is -2.49. The normalized spacial score (nSPS) is 35.7. The number of hydrazine groups is 1. The van der Waals surface area contributed by atoms with Crippen molar-refractivity contribution in [2.75, 3.05) is 0 Å². The van der Waals surface area contributed by atoms with Crippen LogP contribution in [0.4, 0.5) is 0 Å². The topological polar surface area (TPSA) is 84.5 Å². The summed E-state index contributed by atoms with van der Waals surface area (Å²) in [5.41, 5.74) is 5.22. The van der Waals surface area contributed by atoms with E-state index < -0.39 is 17.7 Å². The first-order valence-electron chi connectivity index (χ1n) is 7.67. The number of ether oxygens (including phenoxy) is 1. The van der Waals surface area contributed by atoms with E-state index in [1.165, 1.54) is 0 Å². The second-order valence-corrected chi connectivity index (χ2v) is 7.90. The Bertz CT molecular complexity index is 725. The Morgan fingerprint density at radius 3 is 2.58 bits per heavy atom. The highest BCUT2D eigenvalue weighted by Gasteiger charge is 2.67. The Morgan fingerprint density at radius 1 is 1.17 bits per heavy atom. The molecule has 1 aromatic rings. The minimum absolute atomic E-state index is 0.00656. The average molecular weight is 414 g/mol. The van der Waals surface area contributed by atoms with E-state index in [0.717, 1.165) is 6.42 Å². The van der Waals surface area contributed by atoms with Crippen LogP contribution in [0.1, 0.15) is 16.8 Å². The molecule has 1 heterocycles. The molecule has 6 nitrogen and oxygen atoms in total. The molecule has 1 aromatic carbocycles. The van der Waals surface area contributed by atoms with E-state index in [1.54, 1.807) is 24.3 Å². The first-order chi connectivity index (χ1) is 11.5. The number of hydrogen-bond donors (Lipinski definition) is 2. The van der Waals surface area contributed by atoms with E-state index in [0.29, 0.717) is 10.6 Å². The van der Waals surface area contributed by atoms with Gasteiger partial charge in [-0.05, 0) is 36.6 Å². The molecule has 0 radical (unpaired) electrons. The molecule has 126 valence electrons. The Balaban J connectivity index is 1.43. The molecule has 0 spiro atoms. The molecule has 2 N–H and O–H groups in total. The van der Waals surface area contributed by atoms with Crippen LogP contribution in [0.25, 0.3) is 0 Å². The number of carbonyl (C=O) groups is 3. The number of fused-ring (bicyclic) bond motifs is 1. The minimum atomic E-state index is -0.476. The third-order valence-corrected chi connectivity index (χ3v) is 6.68. The zero-order valence-electron chi connectivity index (χ0n) is 12.4. The smallest absolute Gasteiger partial charge is 0.310 e. The van der Waals surface area contributed by atoms with Crippen LogP contribution in [0.2, 0.25) is 5.02 Å². The molecule has 1 saturated heterocycles. The van der Waals surface area contributed by atoms with Gasteiger partial charge in [0.1, 0.15) is 6.10 Å². The zero-order valence-corrected chi connectivity index (χ0v) is 14.7. The van der Waals surface area contributed by atoms with Gasteiger partial charge in [0.2, 0.25) is 5.91 Å². The number of benzene rings is 1. The molecular formula is C16H14BrClN2O4. The summed E-state index contributed by atoms with van der Waals surface area (Å²) in [5, 5.41) is 0.523. The Kier molecular flexibility index (Phi) is 3.80. The number of halogens is 2. The highest BCUT2D eigenvalue weighted by atomic mass is 79.9. The molecule has 1 aliphatic heterocycles. The molecule has 2 aliphatic carbocycles. The number of amides is 2. The van der Waals surface area contributed by atoms with Gasteiger partial charge in [0.15, 0.2) is 0 Å². The van der Waals surface area contributed by atoms with Gasteiger partial charge in [0.25, 0.3) is 5.91 Å². The third kappa shape index (κ3) is 2.33. The maximum absolute atomic E-state index is 12.5. The quantitative estimate of drug-likeness (QED) is 0.439. The molecule has 6 unspecified atom stereocenters. The Morgan fingerprint density at radius 2 is 1.88 bits per heavy atom. The van der Waals surface area contributed by atoms with Gasteiger partial charge in [0.05, 0.1) is 16.7 Å². The maximum atomic E-state index is 12.5. The van der Waals surface area contributed by atoms with Crippen molar-refractivity contribution >= 4 is 45.3 Å². The van der Waals surface area contributed by atoms with Gasteiger partial charge >= 0.3 is 5.97 Å². The minimum Gasteiger partial charge on any atom is -0.461 e.